The monoisotopic (exact) mass is 294 g/mol. The van der Waals surface area contributed by atoms with Crippen LogP contribution in [0.15, 0.2) is 0 Å². The lowest BCUT2D eigenvalue weighted by molar-refractivity contribution is -0.181. The normalized spacial score (nSPS) is 13.3. The predicted octanol–water partition coefficient (Wildman–Crippen LogP) is -2.25. The van der Waals surface area contributed by atoms with Crippen LogP contribution >= 0.6 is 0 Å². The van der Waals surface area contributed by atoms with E-state index in [9.17, 15) is 29.1 Å². The van der Waals surface area contributed by atoms with Gasteiger partial charge in [0.05, 0.1) is 12.8 Å². The number of esters is 1. The van der Waals surface area contributed by atoms with Crippen LogP contribution in [0.2, 0.25) is 0 Å². The Bertz CT molecular complexity index is 439. The molecule has 11 nitrogen and oxygen atoms in total. The van der Waals surface area contributed by atoms with E-state index in [2.05, 4.69) is 4.74 Å². The first-order valence-corrected chi connectivity index (χ1v) is 4.82. The van der Waals surface area contributed by atoms with Crippen molar-refractivity contribution in [2.45, 2.75) is 24.5 Å². The molecule has 0 saturated heterocycles. The van der Waals surface area contributed by atoms with E-state index in [1.807, 2.05) is 0 Å². The van der Waals surface area contributed by atoms with Gasteiger partial charge in [0.25, 0.3) is 6.10 Å². The number of carbonyl (C=O) groups excluding carboxylic acids is 1. The van der Waals surface area contributed by atoms with E-state index in [1.165, 1.54) is 0 Å². The molecule has 0 aliphatic heterocycles. The Hall–Kier alpha value is -2.69. The highest BCUT2D eigenvalue weighted by Gasteiger charge is 2.43. The second kappa shape index (κ2) is 6.47. The van der Waals surface area contributed by atoms with Crippen LogP contribution in [0.5, 0.6) is 0 Å². The summed E-state index contributed by atoms with van der Waals surface area (Å²) in [6, 6.07) is 0. The molecule has 112 valence electrons. The first-order chi connectivity index (χ1) is 8.99. The lowest BCUT2D eigenvalue weighted by Gasteiger charge is -2.20. The van der Waals surface area contributed by atoms with Gasteiger partial charge in [0.1, 0.15) is 0 Å². The Labute approximate surface area is 110 Å². The van der Waals surface area contributed by atoms with Crippen LogP contribution in [-0.2, 0) is 28.7 Å². The third kappa shape index (κ3) is 4.89. The minimum absolute atomic E-state index is 1.36. The summed E-state index contributed by atoms with van der Waals surface area (Å²) in [5, 5.41) is 43.3. The van der Waals surface area contributed by atoms with Crippen molar-refractivity contribution >= 4 is 29.8 Å². The fourth-order valence-corrected chi connectivity index (χ4v) is 1.08. The zero-order chi connectivity index (χ0) is 16.1. The molecule has 0 bridgehead atoms. The number of carboxylic acids is 4. The molecule has 5 N–H and O–H groups in total. The Balaban J connectivity index is 4.94. The topological polar surface area (TPSA) is 196 Å². The van der Waals surface area contributed by atoms with Crippen LogP contribution < -0.4 is 0 Å². The zero-order valence-corrected chi connectivity index (χ0v) is 9.68. The molecule has 0 aliphatic carbocycles. The lowest BCUT2D eigenvalue weighted by Crippen LogP contribution is -2.44. The van der Waals surface area contributed by atoms with E-state index in [0.29, 0.717) is 0 Å². The summed E-state index contributed by atoms with van der Waals surface area (Å²) in [6.45, 7) is 0. The quantitative estimate of drug-likeness (QED) is 0.239. The summed E-state index contributed by atoms with van der Waals surface area (Å²) < 4.78 is 3.95. The van der Waals surface area contributed by atoms with Crippen LogP contribution in [0.25, 0.3) is 0 Å². The fourth-order valence-electron chi connectivity index (χ4n) is 1.08. The van der Waals surface area contributed by atoms with Crippen molar-refractivity contribution in [3.05, 3.63) is 0 Å². The van der Waals surface area contributed by atoms with Crippen molar-refractivity contribution < 1.29 is 54.2 Å². The maximum Gasteiger partial charge on any atom is 0.356 e. The van der Waals surface area contributed by atoms with Crippen LogP contribution in [0.4, 0.5) is 0 Å². The molecule has 0 aromatic heterocycles. The third-order valence-corrected chi connectivity index (χ3v) is 1.98. The minimum Gasteiger partial charge on any atom is -0.481 e. The van der Waals surface area contributed by atoms with Crippen molar-refractivity contribution in [2.24, 2.45) is 0 Å². The van der Waals surface area contributed by atoms with Gasteiger partial charge in [-0.15, -0.1) is 0 Å². The first kappa shape index (κ1) is 17.3. The number of carbonyl (C=O) groups is 5. The maximum absolute atomic E-state index is 11.2. The summed E-state index contributed by atoms with van der Waals surface area (Å²) >= 11 is 0. The molecule has 0 rings (SSSR count). The largest absolute Gasteiger partial charge is 0.481 e. The SMILES string of the molecule is O=C(O)CC(O)(CC(=O)OC(C(=O)O)C(=O)O)C(=O)O. The third-order valence-electron chi connectivity index (χ3n) is 1.98. The molecule has 0 amide bonds. The van der Waals surface area contributed by atoms with Crippen molar-refractivity contribution in [1.82, 2.24) is 0 Å². The average molecular weight is 294 g/mol. The van der Waals surface area contributed by atoms with Crippen LogP contribution in [0.1, 0.15) is 12.8 Å². The number of hydrogen-bond acceptors (Lipinski definition) is 7. The molecule has 0 radical (unpaired) electrons. The second-order valence-corrected chi connectivity index (χ2v) is 3.63. The van der Waals surface area contributed by atoms with Crippen molar-refractivity contribution in [3.8, 4) is 0 Å². The second-order valence-electron chi connectivity index (χ2n) is 3.63. The van der Waals surface area contributed by atoms with Gasteiger partial charge < -0.3 is 30.3 Å². The molecule has 0 spiro atoms. The van der Waals surface area contributed by atoms with Gasteiger partial charge in [-0.1, -0.05) is 0 Å². The standard InChI is InChI=1S/C9H10O11/c10-3(11)1-9(19,8(17)18)2-4(12)20-5(6(13)14)7(15)16/h5,19H,1-2H2,(H,10,11)(H,13,14)(H,15,16)(H,17,18). The number of aliphatic carboxylic acids is 4. The van der Waals surface area contributed by atoms with Crippen molar-refractivity contribution in [3.63, 3.8) is 0 Å². The van der Waals surface area contributed by atoms with Crippen molar-refractivity contribution in [2.75, 3.05) is 0 Å². The summed E-state index contributed by atoms with van der Waals surface area (Å²) in [6.07, 6.45) is -5.38. The highest BCUT2D eigenvalue weighted by atomic mass is 16.6. The Kier molecular flexibility index (Phi) is 5.60. The average Bonchev–Trinajstić information content (AvgIpc) is 2.23. The Morgan fingerprint density at radius 1 is 0.900 bits per heavy atom. The van der Waals surface area contributed by atoms with E-state index in [4.69, 9.17) is 20.4 Å². The number of ether oxygens (including phenoxy) is 1. The highest BCUT2D eigenvalue weighted by molar-refractivity contribution is 5.98. The number of rotatable bonds is 8. The van der Waals surface area contributed by atoms with Crippen LogP contribution in [0.3, 0.4) is 0 Å². The predicted molar refractivity (Wildman–Crippen MR) is 54.6 cm³/mol. The number of aliphatic hydroxyl groups is 1. The van der Waals surface area contributed by atoms with E-state index >= 15 is 0 Å². The molecule has 0 aliphatic rings. The van der Waals surface area contributed by atoms with Crippen LogP contribution in [0, 0.1) is 0 Å². The summed E-state index contributed by atoms with van der Waals surface area (Å²) in [4.78, 5) is 53.1. The molecule has 0 saturated carbocycles. The smallest absolute Gasteiger partial charge is 0.356 e. The van der Waals surface area contributed by atoms with Gasteiger partial charge >= 0.3 is 29.8 Å². The van der Waals surface area contributed by atoms with E-state index < -0.39 is 54.4 Å². The van der Waals surface area contributed by atoms with E-state index in [1.54, 1.807) is 0 Å². The van der Waals surface area contributed by atoms with E-state index in [0.717, 1.165) is 0 Å². The van der Waals surface area contributed by atoms with Crippen LogP contribution in [-0.4, -0.2) is 67.1 Å². The first-order valence-electron chi connectivity index (χ1n) is 4.82. The zero-order valence-electron chi connectivity index (χ0n) is 9.68. The minimum atomic E-state index is -3.04. The summed E-state index contributed by atoms with van der Waals surface area (Å²) in [5.74, 6) is -9.54. The molecule has 0 heterocycles. The number of hydrogen-bond donors (Lipinski definition) is 5. The summed E-state index contributed by atoms with van der Waals surface area (Å²) in [5.41, 5.74) is -3.04. The summed E-state index contributed by atoms with van der Waals surface area (Å²) in [7, 11) is 0. The molecular weight excluding hydrogens is 284 g/mol. The molecule has 0 aromatic carbocycles. The molecular formula is C9H10O11. The Morgan fingerprint density at radius 3 is 1.65 bits per heavy atom. The maximum atomic E-state index is 11.2. The molecule has 1 atom stereocenters. The van der Waals surface area contributed by atoms with Gasteiger partial charge in [-0.25, -0.2) is 14.4 Å². The fraction of sp³-hybridized carbons (Fsp3) is 0.444. The Morgan fingerprint density at radius 2 is 1.35 bits per heavy atom. The van der Waals surface area contributed by atoms with Gasteiger partial charge in [0, 0.05) is 0 Å². The van der Waals surface area contributed by atoms with Gasteiger partial charge in [-0.3, -0.25) is 9.59 Å². The van der Waals surface area contributed by atoms with Gasteiger partial charge in [0.15, 0.2) is 5.60 Å². The lowest BCUT2D eigenvalue weighted by atomic mass is 9.96. The van der Waals surface area contributed by atoms with Gasteiger partial charge in [-0.05, 0) is 0 Å². The highest BCUT2D eigenvalue weighted by Crippen LogP contribution is 2.17. The molecule has 1 unspecified atom stereocenters. The van der Waals surface area contributed by atoms with E-state index in [-0.39, 0.29) is 0 Å². The molecule has 20 heavy (non-hydrogen) atoms. The number of carboxylic acid groups (broad SMARTS) is 4. The van der Waals surface area contributed by atoms with Gasteiger partial charge in [0.2, 0.25) is 0 Å². The molecule has 11 heteroatoms. The van der Waals surface area contributed by atoms with Crippen molar-refractivity contribution in [1.29, 1.82) is 0 Å². The molecule has 0 aromatic rings. The molecule has 0 fully saturated rings. The van der Waals surface area contributed by atoms with Gasteiger partial charge in [-0.2, -0.15) is 0 Å².